The standard InChI is InChI=1S/C10H15.2ClH.Zr/c1-2-3-4-7-10-8-5-6-9-10;;;/h5,8H,2-4,6-7H2,1H3;2*1H;/q-1;;;+3/p-2. The van der Waals surface area contributed by atoms with Gasteiger partial charge < -0.3 is 24.8 Å². The first-order valence-electron chi connectivity index (χ1n) is 4.19. The Bertz CT molecular complexity index is 153. The third-order valence-corrected chi connectivity index (χ3v) is 1.82. The van der Waals surface area contributed by atoms with Crippen LogP contribution in [-0.2, 0) is 26.2 Å². The van der Waals surface area contributed by atoms with E-state index in [4.69, 9.17) is 0 Å². The Hall–Kier alpha value is 0.943. The largest absolute Gasteiger partial charge is 3.00 e. The van der Waals surface area contributed by atoms with Gasteiger partial charge in [0.25, 0.3) is 0 Å². The first kappa shape index (κ1) is 19.5. The summed E-state index contributed by atoms with van der Waals surface area (Å²) in [5.41, 5.74) is 1.42. The van der Waals surface area contributed by atoms with Crippen LogP contribution in [0.3, 0.4) is 0 Å². The molecule has 0 atom stereocenters. The van der Waals surface area contributed by atoms with Crippen molar-refractivity contribution in [1.82, 2.24) is 0 Å². The molecule has 1 aliphatic carbocycles. The summed E-state index contributed by atoms with van der Waals surface area (Å²) in [4.78, 5) is 0. The van der Waals surface area contributed by atoms with Gasteiger partial charge in [-0.2, -0.15) is 6.08 Å². The van der Waals surface area contributed by atoms with Gasteiger partial charge in [0.05, 0.1) is 0 Å². The Morgan fingerprint density at radius 1 is 1.31 bits per heavy atom. The van der Waals surface area contributed by atoms with Crippen LogP contribution in [0.25, 0.3) is 0 Å². The summed E-state index contributed by atoms with van der Waals surface area (Å²) in [7, 11) is 0. The molecule has 0 heterocycles. The second kappa shape index (κ2) is 12.9. The van der Waals surface area contributed by atoms with Gasteiger partial charge in [0.1, 0.15) is 0 Å². The zero-order valence-corrected chi connectivity index (χ0v) is 11.9. The Morgan fingerprint density at radius 2 is 2.00 bits per heavy atom. The number of hydrogen-bond donors (Lipinski definition) is 0. The van der Waals surface area contributed by atoms with Crippen LogP contribution in [0.2, 0.25) is 0 Å². The summed E-state index contributed by atoms with van der Waals surface area (Å²) in [6.45, 7) is 2.24. The first-order valence-corrected chi connectivity index (χ1v) is 4.19. The maximum atomic E-state index is 3.32. The number of allylic oxidation sites excluding steroid dienone is 4. The molecule has 73 valence electrons. The minimum absolute atomic E-state index is 0. The molecule has 0 amide bonds. The van der Waals surface area contributed by atoms with E-state index >= 15 is 0 Å². The van der Waals surface area contributed by atoms with E-state index < -0.39 is 0 Å². The summed E-state index contributed by atoms with van der Waals surface area (Å²) in [6.07, 6.45) is 14.0. The molecule has 3 heteroatoms. The molecule has 0 unspecified atom stereocenters. The van der Waals surface area contributed by atoms with E-state index in [-0.39, 0.29) is 51.0 Å². The molecule has 1 aliphatic rings. The van der Waals surface area contributed by atoms with Crippen LogP contribution in [0.1, 0.15) is 39.0 Å². The van der Waals surface area contributed by atoms with E-state index in [1.54, 1.807) is 0 Å². The predicted molar refractivity (Wildman–Crippen MR) is 44.7 cm³/mol. The fraction of sp³-hybridized carbons (Fsp3) is 0.600. The van der Waals surface area contributed by atoms with Gasteiger partial charge in [0.2, 0.25) is 0 Å². The Balaban J connectivity index is -0.000000333. The van der Waals surface area contributed by atoms with E-state index in [2.05, 4.69) is 25.2 Å². The molecule has 0 nitrogen and oxygen atoms in total. The molecule has 0 aliphatic heterocycles. The van der Waals surface area contributed by atoms with E-state index in [0.717, 1.165) is 6.42 Å². The zero-order chi connectivity index (χ0) is 7.23. The van der Waals surface area contributed by atoms with Crippen molar-refractivity contribution in [2.45, 2.75) is 39.0 Å². The smallest absolute Gasteiger partial charge is 1.00 e. The number of hydrogen-bond acceptors (Lipinski definition) is 0. The molecular formula is C10H15Cl2Zr. The monoisotopic (exact) mass is 295 g/mol. The van der Waals surface area contributed by atoms with Crippen molar-refractivity contribution in [1.29, 1.82) is 0 Å². The van der Waals surface area contributed by atoms with Crippen LogP contribution in [0.15, 0.2) is 17.7 Å². The van der Waals surface area contributed by atoms with Gasteiger partial charge in [-0.05, 0) is 0 Å². The van der Waals surface area contributed by atoms with Crippen molar-refractivity contribution in [3.63, 3.8) is 0 Å². The minimum atomic E-state index is 0. The Morgan fingerprint density at radius 3 is 2.46 bits per heavy atom. The van der Waals surface area contributed by atoms with Crippen LogP contribution >= 0.6 is 0 Å². The van der Waals surface area contributed by atoms with Crippen molar-refractivity contribution >= 4 is 0 Å². The topological polar surface area (TPSA) is 0 Å². The Labute approximate surface area is 113 Å². The van der Waals surface area contributed by atoms with Crippen molar-refractivity contribution in [2.75, 3.05) is 0 Å². The average Bonchev–Trinajstić information content (AvgIpc) is 2.41. The third kappa shape index (κ3) is 9.25. The van der Waals surface area contributed by atoms with Gasteiger partial charge in [-0.3, -0.25) is 6.08 Å². The molecule has 0 aromatic rings. The predicted octanol–water partition coefficient (Wildman–Crippen LogP) is -2.74. The SMILES string of the molecule is CCCCCC1=[C-]CC=C1.[Cl-].[Cl-].[Zr+3]. The van der Waals surface area contributed by atoms with Crippen LogP contribution in [0, 0.1) is 6.08 Å². The van der Waals surface area contributed by atoms with Gasteiger partial charge >= 0.3 is 26.2 Å². The number of unbranched alkanes of at least 4 members (excludes halogenated alkanes) is 2. The van der Waals surface area contributed by atoms with Crippen LogP contribution in [0.5, 0.6) is 0 Å². The molecule has 0 spiro atoms. The average molecular weight is 297 g/mol. The molecule has 13 heavy (non-hydrogen) atoms. The molecule has 0 aromatic heterocycles. The van der Waals surface area contributed by atoms with Gasteiger partial charge in [-0.15, -0.1) is 6.42 Å². The summed E-state index contributed by atoms with van der Waals surface area (Å²) >= 11 is 0. The summed E-state index contributed by atoms with van der Waals surface area (Å²) in [5, 5.41) is 0. The maximum Gasteiger partial charge on any atom is 3.00 e. The van der Waals surface area contributed by atoms with Crippen LogP contribution in [-0.4, -0.2) is 0 Å². The van der Waals surface area contributed by atoms with Crippen molar-refractivity contribution in [3.8, 4) is 0 Å². The van der Waals surface area contributed by atoms with E-state index in [9.17, 15) is 0 Å². The normalized spacial score (nSPS) is 12.2. The fourth-order valence-electron chi connectivity index (χ4n) is 1.19. The van der Waals surface area contributed by atoms with E-state index in [1.807, 2.05) is 0 Å². The molecule has 0 fully saturated rings. The maximum absolute atomic E-state index is 3.32. The zero-order valence-electron chi connectivity index (χ0n) is 7.95. The quantitative estimate of drug-likeness (QED) is 0.390. The van der Waals surface area contributed by atoms with E-state index in [1.165, 1.54) is 31.3 Å². The molecule has 0 aromatic carbocycles. The molecular weight excluding hydrogens is 282 g/mol. The van der Waals surface area contributed by atoms with Gasteiger partial charge in [0.15, 0.2) is 0 Å². The van der Waals surface area contributed by atoms with Gasteiger partial charge in [-0.1, -0.05) is 32.6 Å². The van der Waals surface area contributed by atoms with E-state index in [0.29, 0.717) is 0 Å². The third-order valence-electron chi connectivity index (χ3n) is 1.82. The molecule has 1 radical (unpaired) electrons. The van der Waals surface area contributed by atoms with Gasteiger partial charge in [-0.25, -0.2) is 11.6 Å². The molecule has 0 saturated carbocycles. The summed E-state index contributed by atoms with van der Waals surface area (Å²) in [6, 6.07) is 0. The minimum Gasteiger partial charge on any atom is -1.00 e. The summed E-state index contributed by atoms with van der Waals surface area (Å²) < 4.78 is 0. The second-order valence-electron chi connectivity index (χ2n) is 2.77. The molecule has 1 rings (SSSR count). The number of rotatable bonds is 4. The molecule has 0 N–H and O–H groups in total. The Kier molecular flexibility index (Phi) is 19.4. The second-order valence-corrected chi connectivity index (χ2v) is 2.77. The van der Waals surface area contributed by atoms with Crippen molar-refractivity contribution in [2.24, 2.45) is 0 Å². The van der Waals surface area contributed by atoms with Gasteiger partial charge in [0, 0.05) is 0 Å². The van der Waals surface area contributed by atoms with Crippen LogP contribution < -0.4 is 24.8 Å². The first-order chi connectivity index (χ1) is 4.93. The fourth-order valence-corrected chi connectivity index (χ4v) is 1.19. The summed E-state index contributed by atoms with van der Waals surface area (Å²) in [5.74, 6) is 0. The number of halogens is 2. The van der Waals surface area contributed by atoms with Crippen molar-refractivity contribution < 1.29 is 51.0 Å². The molecule has 0 saturated heterocycles. The molecule has 0 bridgehead atoms. The van der Waals surface area contributed by atoms with Crippen molar-refractivity contribution in [3.05, 3.63) is 23.8 Å². The van der Waals surface area contributed by atoms with Crippen LogP contribution in [0.4, 0.5) is 0 Å².